The van der Waals surface area contributed by atoms with Crippen molar-refractivity contribution in [1.29, 1.82) is 0 Å². The molecule has 9 heavy (non-hydrogen) atoms. The van der Waals surface area contributed by atoms with Gasteiger partial charge in [0.05, 0.1) is 11.3 Å². The van der Waals surface area contributed by atoms with E-state index in [1.54, 1.807) is 17.5 Å². The third kappa shape index (κ3) is 0.675. The minimum atomic E-state index is 0.863. The fourth-order valence-electron chi connectivity index (χ4n) is 0.664. The number of aromatic nitrogens is 3. The van der Waals surface area contributed by atoms with E-state index in [0.717, 1.165) is 10.3 Å². The molecular formula is C5H4N3S+. The molecule has 44 valence electrons. The molecule has 0 atom stereocenters. The van der Waals surface area contributed by atoms with Crippen molar-refractivity contribution >= 4 is 21.7 Å². The number of nitrogens with zero attached hydrogens (tertiary/aromatic N) is 2. The number of rotatable bonds is 0. The highest BCUT2D eigenvalue weighted by molar-refractivity contribution is 7.16. The Kier molecular flexibility index (Phi) is 0.927. The third-order valence-corrected chi connectivity index (χ3v) is 1.88. The molecule has 2 aromatic rings. The Morgan fingerprint density at radius 2 is 2.56 bits per heavy atom. The quantitative estimate of drug-likeness (QED) is 0.532. The summed E-state index contributed by atoms with van der Waals surface area (Å²) in [5, 5.41) is 7.56. The van der Waals surface area contributed by atoms with Crippen LogP contribution in [0.4, 0.5) is 0 Å². The minimum absolute atomic E-state index is 0.863. The van der Waals surface area contributed by atoms with Crippen LogP contribution in [0.3, 0.4) is 0 Å². The molecule has 1 N–H and O–H groups in total. The highest BCUT2D eigenvalue weighted by Crippen LogP contribution is 2.08. The average molecular weight is 138 g/mol. The Bertz CT molecular complexity index is 286. The van der Waals surface area contributed by atoms with Crippen molar-refractivity contribution < 1.29 is 4.98 Å². The van der Waals surface area contributed by atoms with Crippen LogP contribution in [0.1, 0.15) is 0 Å². The maximum Gasteiger partial charge on any atom is 0.366 e. The summed E-state index contributed by atoms with van der Waals surface area (Å²) in [6.07, 6.45) is 1.69. The van der Waals surface area contributed by atoms with Crippen LogP contribution in [0.15, 0.2) is 17.8 Å². The summed E-state index contributed by atoms with van der Waals surface area (Å²) in [7, 11) is 0. The van der Waals surface area contributed by atoms with Gasteiger partial charge in [-0.15, -0.1) is 0 Å². The molecule has 0 spiro atoms. The maximum absolute atomic E-state index is 3.85. The third-order valence-electron chi connectivity index (χ3n) is 1.07. The van der Waals surface area contributed by atoms with Crippen molar-refractivity contribution in [3.63, 3.8) is 0 Å². The Hall–Kier alpha value is -1.03. The average Bonchev–Trinajstić information content (AvgIpc) is 2.33. The van der Waals surface area contributed by atoms with Crippen molar-refractivity contribution in [3.05, 3.63) is 17.8 Å². The molecule has 0 unspecified atom stereocenters. The predicted octanol–water partition coefficient (Wildman–Crippen LogP) is 0.505. The van der Waals surface area contributed by atoms with Crippen molar-refractivity contribution in [3.8, 4) is 0 Å². The van der Waals surface area contributed by atoms with Crippen molar-refractivity contribution in [2.24, 2.45) is 0 Å². The second-order valence-corrected chi connectivity index (χ2v) is 2.54. The van der Waals surface area contributed by atoms with Gasteiger partial charge in [0.15, 0.2) is 0 Å². The Morgan fingerprint density at radius 3 is 3.44 bits per heavy atom. The summed E-state index contributed by atoms with van der Waals surface area (Å²) in [6, 6.07) is 1.93. The first-order valence-electron chi connectivity index (χ1n) is 2.53. The van der Waals surface area contributed by atoms with Gasteiger partial charge in [0.1, 0.15) is 10.2 Å². The van der Waals surface area contributed by atoms with Gasteiger partial charge in [0, 0.05) is 0 Å². The topological polar surface area (TPSA) is 39.9 Å². The predicted molar refractivity (Wildman–Crippen MR) is 34.0 cm³/mol. The zero-order chi connectivity index (χ0) is 6.10. The smallest absolute Gasteiger partial charge is 0.232 e. The standard InChI is InChI=1S/C5H3N3S/c1-2-7-8-5-4(1)9-3-6-5/h1-3H/p+1. The molecule has 2 rings (SSSR count). The highest BCUT2D eigenvalue weighted by atomic mass is 32.1. The molecule has 0 saturated carbocycles. The number of fused-ring (bicyclic) bond motifs is 1. The van der Waals surface area contributed by atoms with Gasteiger partial charge in [-0.05, 0) is 11.2 Å². The lowest BCUT2D eigenvalue weighted by Gasteiger charge is -1.69. The number of H-pyrrole nitrogens is 1. The fourth-order valence-corrected chi connectivity index (χ4v) is 1.31. The maximum atomic E-state index is 3.85. The molecular weight excluding hydrogens is 134 g/mol. The normalized spacial score (nSPS) is 10.2. The molecule has 2 aromatic heterocycles. The summed E-state index contributed by atoms with van der Waals surface area (Å²) in [5.74, 6) is 0. The summed E-state index contributed by atoms with van der Waals surface area (Å²) in [4.78, 5) is 2.96. The highest BCUT2D eigenvalue weighted by Gasteiger charge is 2.01. The Morgan fingerprint density at radius 1 is 1.56 bits per heavy atom. The molecule has 3 nitrogen and oxygen atoms in total. The second kappa shape index (κ2) is 1.73. The van der Waals surface area contributed by atoms with E-state index < -0.39 is 0 Å². The molecule has 0 aliphatic carbocycles. The molecule has 0 aliphatic rings. The van der Waals surface area contributed by atoms with Crippen LogP contribution in [0, 0.1) is 0 Å². The molecule has 0 saturated heterocycles. The van der Waals surface area contributed by atoms with Gasteiger partial charge in [-0.1, -0.05) is 11.3 Å². The SMILES string of the molecule is c1cc2sc[nH+]c2nn1. The molecule has 0 radical (unpaired) electrons. The van der Waals surface area contributed by atoms with E-state index in [1.165, 1.54) is 0 Å². The first-order valence-corrected chi connectivity index (χ1v) is 3.41. The van der Waals surface area contributed by atoms with E-state index in [9.17, 15) is 0 Å². The Balaban J connectivity index is 2.95. The molecule has 2 heterocycles. The van der Waals surface area contributed by atoms with Gasteiger partial charge in [0.2, 0.25) is 0 Å². The van der Waals surface area contributed by atoms with Crippen molar-refractivity contribution in [2.45, 2.75) is 0 Å². The number of hydrogen-bond acceptors (Lipinski definition) is 3. The molecule has 0 amide bonds. The van der Waals surface area contributed by atoms with Crippen LogP contribution >= 0.6 is 11.3 Å². The van der Waals surface area contributed by atoms with E-state index in [4.69, 9.17) is 0 Å². The van der Waals surface area contributed by atoms with Crippen molar-refractivity contribution in [2.75, 3.05) is 0 Å². The van der Waals surface area contributed by atoms with Crippen LogP contribution in [-0.4, -0.2) is 10.2 Å². The van der Waals surface area contributed by atoms with Crippen LogP contribution in [0.5, 0.6) is 0 Å². The number of thiazole rings is 1. The first-order chi connectivity index (χ1) is 4.47. The zero-order valence-electron chi connectivity index (χ0n) is 4.53. The lowest BCUT2D eigenvalue weighted by Crippen LogP contribution is -1.97. The van der Waals surface area contributed by atoms with Crippen molar-refractivity contribution in [1.82, 2.24) is 10.2 Å². The van der Waals surface area contributed by atoms with E-state index >= 15 is 0 Å². The summed E-state index contributed by atoms with van der Waals surface area (Å²) >= 11 is 1.63. The number of hydrogen-bond donors (Lipinski definition) is 0. The monoisotopic (exact) mass is 138 g/mol. The van der Waals surface area contributed by atoms with Gasteiger partial charge >= 0.3 is 5.65 Å². The van der Waals surface area contributed by atoms with Crippen LogP contribution in [0.2, 0.25) is 0 Å². The summed E-state index contributed by atoms with van der Waals surface area (Å²) < 4.78 is 1.14. The van der Waals surface area contributed by atoms with Gasteiger partial charge in [-0.25, -0.2) is 4.98 Å². The molecule has 0 aliphatic heterocycles. The van der Waals surface area contributed by atoms with Gasteiger partial charge in [-0.2, -0.15) is 0 Å². The minimum Gasteiger partial charge on any atom is -0.232 e. The van der Waals surface area contributed by atoms with E-state index in [1.807, 2.05) is 11.6 Å². The van der Waals surface area contributed by atoms with Gasteiger partial charge in [0.25, 0.3) is 0 Å². The Labute approximate surface area is 55.4 Å². The largest absolute Gasteiger partial charge is 0.366 e. The lowest BCUT2D eigenvalue weighted by molar-refractivity contribution is -0.341. The van der Waals surface area contributed by atoms with Crippen LogP contribution < -0.4 is 4.98 Å². The number of aromatic amines is 1. The van der Waals surface area contributed by atoms with E-state index in [2.05, 4.69) is 15.2 Å². The molecule has 4 heteroatoms. The van der Waals surface area contributed by atoms with Gasteiger partial charge < -0.3 is 0 Å². The molecule has 0 bridgehead atoms. The summed E-state index contributed by atoms with van der Waals surface area (Å²) in [6.45, 7) is 0. The van der Waals surface area contributed by atoms with Gasteiger partial charge in [-0.3, -0.25) is 0 Å². The lowest BCUT2D eigenvalue weighted by atomic mass is 10.6. The first kappa shape index (κ1) is 4.81. The molecule has 0 aromatic carbocycles. The van der Waals surface area contributed by atoms with Crippen LogP contribution in [0.25, 0.3) is 10.3 Å². The van der Waals surface area contributed by atoms with E-state index in [-0.39, 0.29) is 0 Å². The van der Waals surface area contributed by atoms with Crippen LogP contribution in [-0.2, 0) is 0 Å². The fraction of sp³-hybridized carbons (Fsp3) is 0. The molecule has 0 fully saturated rings. The number of nitrogens with one attached hydrogen (secondary N) is 1. The van der Waals surface area contributed by atoms with E-state index in [0.29, 0.717) is 0 Å². The second-order valence-electron chi connectivity index (χ2n) is 1.62. The zero-order valence-corrected chi connectivity index (χ0v) is 5.35. The summed E-state index contributed by atoms with van der Waals surface area (Å²) in [5.41, 5.74) is 2.75.